The van der Waals surface area contributed by atoms with Gasteiger partial charge in [-0.1, -0.05) is 24.6 Å². The Labute approximate surface area is 126 Å². The van der Waals surface area contributed by atoms with Gasteiger partial charge in [-0.25, -0.2) is 0 Å². The highest BCUT2D eigenvalue weighted by atomic mass is 35.5. The van der Waals surface area contributed by atoms with Gasteiger partial charge in [0.05, 0.1) is 0 Å². The van der Waals surface area contributed by atoms with Gasteiger partial charge < -0.3 is 10.4 Å². The van der Waals surface area contributed by atoms with Crippen LogP contribution < -0.4 is 5.32 Å². The van der Waals surface area contributed by atoms with Crippen LogP contribution in [-0.4, -0.2) is 36.2 Å². The van der Waals surface area contributed by atoms with E-state index < -0.39 is 0 Å². The van der Waals surface area contributed by atoms with Gasteiger partial charge in [0.1, 0.15) is 5.75 Å². The van der Waals surface area contributed by atoms with Crippen LogP contribution in [0.15, 0.2) is 18.2 Å². The molecule has 0 spiro atoms. The normalized spacial score (nSPS) is 19.4. The van der Waals surface area contributed by atoms with Crippen molar-refractivity contribution in [2.24, 2.45) is 5.92 Å². The van der Waals surface area contributed by atoms with E-state index in [1.165, 1.54) is 12.8 Å². The zero-order chi connectivity index (χ0) is 14.4. The van der Waals surface area contributed by atoms with Crippen molar-refractivity contribution < 1.29 is 5.11 Å². The molecule has 4 heteroatoms. The number of aromatic hydroxyl groups is 1. The molecule has 1 aliphatic heterocycles. The molecule has 1 aromatic rings. The van der Waals surface area contributed by atoms with Crippen molar-refractivity contribution >= 4 is 11.6 Å². The first-order valence-electron chi connectivity index (χ1n) is 7.60. The number of rotatable bonds is 6. The number of phenolic OH excluding ortho intramolecular Hbond substituents is 1. The number of nitrogens with one attached hydrogen (secondary N) is 1. The highest BCUT2D eigenvalue weighted by Gasteiger charge is 2.18. The molecular weight excluding hydrogens is 272 g/mol. The van der Waals surface area contributed by atoms with Crippen LogP contribution >= 0.6 is 11.6 Å². The molecule has 2 rings (SSSR count). The van der Waals surface area contributed by atoms with Crippen molar-refractivity contribution in [2.75, 3.05) is 26.2 Å². The topological polar surface area (TPSA) is 35.5 Å². The molecule has 1 saturated heterocycles. The van der Waals surface area contributed by atoms with Crippen molar-refractivity contribution in [3.63, 3.8) is 0 Å². The Hall–Kier alpha value is -0.770. The van der Waals surface area contributed by atoms with Gasteiger partial charge in [-0.15, -0.1) is 0 Å². The molecule has 0 bridgehead atoms. The van der Waals surface area contributed by atoms with E-state index in [1.54, 1.807) is 12.1 Å². The Morgan fingerprint density at radius 3 is 2.95 bits per heavy atom. The third-order valence-electron chi connectivity index (χ3n) is 3.93. The molecule has 1 atom stereocenters. The Balaban J connectivity index is 2.00. The molecule has 1 aromatic carbocycles. The Morgan fingerprint density at radius 1 is 1.45 bits per heavy atom. The van der Waals surface area contributed by atoms with Crippen LogP contribution in [0.25, 0.3) is 0 Å². The van der Waals surface area contributed by atoms with Gasteiger partial charge in [0, 0.05) is 23.7 Å². The van der Waals surface area contributed by atoms with Gasteiger partial charge >= 0.3 is 0 Å². The molecule has 1 heterocycles. The lowest BCUT2D eigenvalue weighted by Crippen LogP contribution is -2.38. The van der Waals surface area contributed by atoms with Crippen molar-refractivity contribution in [1.82, 2.24) is 10.2 Å². The third-order valence-corrected chi connectivity index (χ3v) is 4.29. The standard InChI is InChI=1S/C16H25ClN2O/c1-2-9-19(11-13-5-4-8-18-10-13)12-14-15(17)6-3-7-16(14)20/h3,6-7,13,18,20H,2,4-5,8-12H2,1H3. The highest BCUT2D eigenvalue weighted by Crippen LogP contribution is 2.27. The van der Waals surface area contributed by atoms with Crippen molar-refractivity contribution in [3.05, 3.63) is 28.8 Å². The Morgan fingerprint density at radius 2 is 2.30 bits per heavy atom. The lowest BCUT2D eigenvalue weighted by Gasteiger charge is -2.30. The van der Waals surface area contributed by atoms with E-state index in [4.69, 9.17) is 11.6 Å². The van der Waals surface area contributed by atoms with Gasteiger partial charge in [0.25, 0.3) is 0 Å². The molecule has 0 aliphatic carbocycles. The first kappa shape index (κ1) is 15.6. The van der Waals surface area contributed by atoms with E-state index >= 15 is 0 Å². The maximum atomic E-state index is 9.99. The van der Waals surface area contributed by atoms with Crippen LogP contribution in [0.1, 0.15) is 31.7 Å². The number of piperidine rings is 1. The van der Waals surface area contributed by atoms with Crippen molar-refractivity contribution in [1.29, 1.82) is 0 Å². The second-order valence-electron chi connectivity index (χ2n) is 5.69. The summed E-state index contributed by atoms with van der Waals surface area (Å²) in [5.74, 6) is 1.01. The minimum Gasteiger partial charge on any atom is -0.508 e. The smallest absolute Gasteiger partial charge is 0.121 e. The number of hydrogen-bond donors (Lipinski definition) is 2. The zero-order valence-corrected chi connectivity index (χ0v) is 13.0. The predicted molar refractivity (Wildman–Crippen MR) is 84.3 cm³/mol. The fraction of sp³-hybridized carbons (Fsp3) is 0.625. The average molecular weight is 297 g/mol. The second kappa shape index (κ2) is 7.87. The fourth-order valence-electron chi connectivity index (χ4n) is 2.92. The number of hydrogen-bond acceptors (Lipinski definition) is 3. The molecular formula is C16H25ClN2O. The predicted octanol–water partition coefficient (Wildman–Crippen LogP) is 3.26. The number of phenols is 1. The summed E-state index contributed by atoms with van der Waals surface area (Å²) >= 11 is 6.22. The summed E-state index contributed by atoms with van der Waals surface area (Å²) in [7, 11) is 0. The maximum Gasteiger partial charge on any atom is 0.121 e. The molecule has 3 nitrogen and oxygen atoms in total. The van der Waals surface area contributed by atoms with E-state index in [2.05, 4.69) is 17.1 Å². The summed E-state index contributed by atoms with van der Waals surface area (Å²) in [4.78, 5) is 2.42. The van der Waals surface area contributed by atoms with Crippen molar-refractivity contribution in [2.45, 2.75) is 32.7 Å². The summed E-state index contributed by atoms with van der Waals surface area (Å²) in [5, 5.41) is 14.1. The number of benzene rings is 1. The van der Waals surface area contributed by atoms with Gasteiger partial charge in [0.15, 0.2) is 0 Å². The SMILES string of the molecule is CCCN(Cc1c(O)cccc1Cl)CC1CCCNC1. The van der Waals surface area contributed by atoms with Crippen molar-refractivity contribution in [3.8, 4) is 5.75 Å². The molecule has 112 valence electrons. The molecule has 1 fully saturated rings. The summed E-state index contributed by atoms with van der Waals surface area (Å²) in [5.41, 5.74) is 0.853. The van der Waals surface area contributed by atoms with Gasteiger partial charge in [-0.05, 0) is 56.9 Å². The first-order valence-corrected chi connectivity index (χ1v) is 7.98. The first-order chi connectivity index (χ1) is 9.70. The van der Waals surface area contributed by atoms with Crippen LogP contribution in [0.4, 0.5) is 0 Å². The quantitative estimate of drug-likeness (QED) is 0.846. The van der Waals surface area contributed by atoms with Gasteiger partial charge in [0.2, 0.25) is 0 Å². The van der Waals surface area contributed by atoms with E-state index in [0.29, 0.717) is 16.7 Å². The summed E-state index contributed by atoms with van der Waals surface area (Å²) in [6, 6.07) is 5.35. The molecule has 0 saturated carbocycles. The summed E-state index contributed by atoms with van der Waals surface area (Å²) < 4.78 is 0. The van der Waals surface area contributed by atoms with Crippen LogP contribution in [0.3, 0.4) is 0 Å². The minimum atomic E-state index is 0.306. The van der Waals surface area contributed by atoms with Crippen LogP contribution in [-0.2, 0) is 6.54 Å². The maximum absolute atomic E-state index is 9.99. The van der Waals surface area contributed by atoms with E-state index in [9.17, 15) is 5.11 Å². The largest absolute Gasteiger partial charge is 0.508 e. The van der Waals surface area contributed by atoms with E-state index in [1.807, 2.05) is 6.07 Å². The molecule has 2 N–H and O–H groups in total. The second-order valence-corrected chi connectivity index (χ2v) is 6.09. The minimum absolute atomic E-state index is 0.306. The third kappa shape index (κ3) is 4.37. The van der Waals surface area contributed by atoms with Gasteiger partial charge in [-0.3, -0.25) is 4.90 Å². The Kier molecular flexibility index (Phi) is 6.14. The monoisotopic (exact) mass is 296 g/mol. The molecule has 1 aliphatic rings. The van der Waals surface area contributed by atoms with Gasteiger partial charge in [-0.2, -0.15) is 0 Å². The molecule has 20 heavy (non-hydrogen) atoms. The number of nitrogens with zero attached hydrogens (tertiary/aromatic N) is 1. The average Bonchev–Trinajstić information content (AvgIpc) is 2.44. The van der Waals surface area contributed by atoms with Crippen LogP contribution in [0.2, 0.25) is 5.02 Å². The lowest BCUT2D eigenvalue weighted by molar-refractivity contribution is 0.199. The molecule has 1 unspecified atom stereocenters. The highest BCUT2D eigenvalue weighted by molar-refractivity contribution is 6.31. The van der Waals surface area contributed by atoms with Crippen LogP contribution in [0, 0.1) is 5.92 Å². The summed E-state index contributed by atoms with van der Waals surface area (Å²) in [6.07, 6.45) is 3.68. The lowest BCUT2D eigenvalue weighted by atomic mass is 9.98. The van der Waals surface area contributed by atoms with E-state index in [-0.39, 0.29) is 0 Å². The molecule has 0 amide bonds. The molecule has 0 aromatic heterocycles. The molecule has 0 radical (unpaired) electrons. The number of halogens is 1. The zero-order valence-electron chi connectivity index (χ0n) is 12.2. The fourth-order valence-corrected chi connectivity index (χ4v) is 3.15. The van der Waals surface area contributed by atoms with E-state index in [0.717, 1.165) is 44.7 Å². The summed E-state index contributed by atoms with van der Waals surface area (Å²) in [6.45, 7) is 7.30. The Bertz CT molecular complexity index is 399. The van der Waals surface area contributed by atoms with Crippen LogP contribution in [0.5, 0.6) is 5.75 Å².